The second kappa shape index (κ2) is 3.47. The Morgan fingerprint density at radius 1 is 1.64 bits per heavy atom. The molecule has 0 atom stereocenters. The second-order valence-electron chi connectivity index (χ2n) is 3.01. The van der Waals surface area contributed by atoms with Crippen LogP contribution in [0.15, 0.2) is 0 Å². The van der Waals surface area contributed by atoms with Crippen LogP contribution in [-0.4, -0.2) is 55.6 Å². The van der Waals surface area contributed by atoms with Crippen molar-refractivity contribution >= 4 is 0 Å². The van der Waals surface area contributed by atoms with Gasteiger partial charge in [0.15, 0.2) is 5.67 Å². The van der Waals surface area contributed by atoms with E-state index in [1.54, 1.807) is 7.11 Å². The molecule has 0 spiro atoms. The van der Waals surface area contributed by atoms with Crippen molar-refractivity contribution < 1.29 is 14.2 Å². The zero-order valence-corrected chi connectivity index (χ0v) is 6.72. The SMILES string of the molecule is COCCN1CC(F)(CO)C1. The summed E-state index contributed by atoms with van der Waals surface area (Å²) in [5.74, 6) is 0. The quantitative estimate of drug-likeness (QED) is 0.615. The van der Waals surface area contributed by atoms with Crippen LogP contribution >= 0.6 is 0 Å². The number of hydrogen-bond acceptors (Lipinski definition) is 3. The minimum Gasteiger partial charge on any atom is -0.393 e. The highest BCUT2D eigenvalue weighted by molar-refractivity contribution is 4.95. The summed E-state index contributed by atoms with van der Waals surface area (Å²) >= 11 is 0. The van der Waals surface area contributed by atoms with Gasteiger partial charge in [-0.3, -0.25) is 4.90 Å². The molecule has 1 N–H and O–H groups in total. The molecule has 66 valence electrons. The summed E-state index contributed by atoms with van der Waals surface area (Å²) in [6.07, 6.45) is 0. The number of nitrogens with zero attached hydrogens (tertiary/aromatic N) is 1. The number of methoxy groups -OCH3 is 1. The first kappa shape index (κ1) is 8.90. The smallest absolute Gasteiger partial charge is 0.159 e. The van der Waals surface area contributed by atoms with Crippen LogP contribution in [0.25, 0.3) is 0 Å². The average molecular weight is 163 g/mol. The van der Waals surface area contributed by atoms with Gasteiger partial charge in [-0.05, 0) is 0 Å². The van der Waals surface area contributed by atoms with E-state index in [9.17, 15) is 4.39 Å². The Balaban J connectivity index is 2.08. The van der Waals surface area contributed by atoms with E-state index in [1.807, 2.05) is 4.90 Å². The molecule has 0 aromatic heterocycles. The molecule has 0 unspecified atom stereocenters. The van der Waals surface area contributed by atoms with Gasteiger partial charge in [0.1, 0.15) is 0 Å². The predicted molar refractivity (Wildman–Crippen MR) is 39.2 cm³/mol. The Hall–Kier alpha value is -0.190. The molecule has 3 nitrogen and oxygen atoms in total. The lowest BCUT2D eigenvalue weighted by Gasteiger charge is -2.43. The molecular weight excluding hydrogens is 149 g/mol. The summed E-state index contributed by atoms with van der Waals surface area (Å²) in [5.41, 5.74) is -1.34. The van der Waals surface area contributed by atoms with Crippen molar-refractivity contribution in [2.24, 2.45) is 0 Å². The van der Waals surface area contributed by atoms with E-state index in [0.717, 1.165) is 6.54 Å². The van der Waals surface area contributed by atoms with Crippen LogP contribution in [0.1, 0.15) is 0 Å². The minimum absolute atomic E-state index is 0.340. The molecule has 1 aliphatic heterocycles. The molecule has 1 fully saturated rings. The van der Waals surface area contributed by atoms with Crippen molar-refractivity contribution in [2.45, 2.75) is 5.67 Å². The summed E-state index contributed by atoms with van der Waals surface area (Å²) < 4.78 is 17.8. The molecule has 1 rings (SSSR count). The molecule has 0 radical (unpaired) electrons. The second-order valence-corrected chi connectivity index (χ2v) is 3.01. The van der Waals surface area contributed by atoms with E-state index in [4.69, 9.17) is 9.84 Å². The number of alkyl halides is 1. The van der Waals surface area contributed by atoms with E-state index in [-0.39, 0.29) is 6.61 Å². The van der Waals surface area contributed by atoms with Crippen molar-refractivity contribution in [1.82, 2.24) is 4.90 Å². The number of hydrogen-bond donors (Lipinski definition) is 1. The zero-order valence-electron chi connectivity index (χ0n) is 6.72. The van der Waals surface area contributed by atoms with E-state index < -0.39 is 5.67 Å². The Labute approximate surface area is 65.8 Å². The minimum atomic E-state index is -1.34. The largest absolute Gasteiger partial charge is 0.393 e. The third-order valence-corrected chi connectivity index (χ3v) is 1.91. The fourth-order valence-corrected chi connectivity index (χ4v) is 1.23. The number of aliphatic hydroxyl groups is 1. The highest BCUT2D eigenvalue weighted by Gasteiger charge is 2.42. The predicted octanol–water partition coefficient (Wildman–Crippen LogP) is -0.351. The van der Waals surface area contributed by atoms with Gasteiger partial charge in [-0.1, -0.05) is 0 Å². The normalized spacial score (nSPS) is 23.2. The van der Waals surface area contributed by atoms with Crippen LogP contribution in [0.3, 0.4) is 0 Å². The van der Waals surface area contributed by atoms with E-state index in [2.05, 4.69) is 0 Å². The summed E-state index contributed by atoms with van der Waals surface area (Å²) in [4.78, 5) is 1.92. The van der Waals surface area contributed by atoms with Crippen LogP contribution in [0, 0.1) is 0 Å². The lowest BCUT2D eigenvalue weighted by Crippen LogP contribution is -2.61. The van der Waals surface area contributed by atoms with Gasteiger partial charge in [-0.15, -0.1) is 0 Å². The molecule has 1 heterocycles. The van der Waals surface area contributed by atoms with Gasteiger partial charge in [0, 0.05) is 26.7 Å². The maximum atomic E-state index is 13.0. The standard InChI is InChI=1S/C7H14FNO2/c1-11-3-2-9-4-7(8,5-9)6-10/h10H,2-6H2,1H3. The third-order valence-electron chi connectivity index (χ3n) is 1.91. The fraction of sp³-hybridized carbons (Fsp3) is 1.00. The number of aliphatic hydroxyl groups excluding tert-OH is 1. The highest BCUT2D eigenvalue weighted by atomic mass is 19.1. The van der Waals surface area contributed by atoms with E-state index in [0.29, 0.717) is 19.7 Å². The van der Waals surface area contributed by atoms with Crippen LogP contribution in [0.5, 0.6) is 0 Å². The Bertz CT molecular complexity index is 126. The van der Waals surface area contributed by atoms with Gasteiger partial charge in [-0.25, -0.2) is 4.39 Å². The first-order valence-corrected chi connectivity index (χ1v) is 3.71. The molecule has 1 saturated heterocycles. The highest BCUT2D eigenvalue weighted by Crippen LogP contribution is 2.23. The zero-order chi connectivity index (χ0) is 8.32. The number of likely N-dealkylation sites (tertiary alicyclic amines) is 1. The summed E-state index contributed by atoms with van der Waals surface area (Å²) in [5, 5.41) is 8.56. The van der Waals surface area contributed by atoms with Gasteiger partial charge in [-0.2, -0.15) is 0 Å². The molecule has 0 bridgehead atoms. The summed E-state index contributed by atoms with van der Waals surface area (Å²) in [6.45, 7) is 1.69. The van der Waals surface area contributed by atoms with Crippen molar-refractivity contribution in [3.8, 4) is 0 Å². The van der Waals surface area contributed by atoms with Gasteiger partial charge >= 0.3 is 0 Å². The molecule has 4 heteroatoms. The molecule has 0 aromatic carbocycles. The molecule has 0 aliphatic carbocycles. The van der Waals surface area contributed by atoms with Crippen molar-refractivity contribution in [2.75, 3.05) is 40.0 Å². The maximum absolute atomic E-state index is 13.0. The van der Waals surface area contributed by atoms with Gasteiger partial charge < -0.3 is 9.84 Å². The third kappa shape index (κ3) is 2.12. The first-order chi connectivity index (χ1) is 5.20. The fourth-order valence-electron chi connectivity index (χ4n) is 1.23. The van der Waals surface area contributed by atoms with Crippen LogP contribution in [0.4, 0.5) is 4.39 Å². The van der Waals surface area contributed by atoms with Gasteiger partial charge in [0.25, 0.3) is 0 Å². The Kier molecular flexibility index (Phi) is 2.81. The lowest BCUT2D eigenvalue weighted by molar-refractivity contribution is -0.0726. The molecular formula is C7H14FNO2. The van der Waals surface area contributed by atoms with Crippen LogP contribution in [0.2, 0.25) is 0 Å². The van der Waals surface area contributed by atoms with Gasteiger partial charge in [0.2, 0.25) is 0 Å². The Morgan fingerprint density at radius 3 is 2.73 bits per heavy atom. The van der Waals surface area contributed by atoms with Crippen molar-refractivity contribution in [3.05, 3.63) is 0 Å². The lowest BCUT2D eigenvalue weighted by atomic mass is 9.98. The van der Waals surface area contributed by atoms with Crippen LogP contribution < -0.4 is 0 Å². The molecule has 0 aromatic rings. The maximum Gasteiger partial charge on any atom is 0.159 e. The van der Waals surface area contributed by atoms with E-state index >= 15 is 0 Å². The summed E-state index contributed by atoms with van der Waals surface area (Å²) in [6, 6.07) is 0. The number of halogens is 1. The average Bonchev–Trinajstić information content (AvgIpc) is 1.96. The van der Waals surface area contributed by atoms with Crippen molar-refractivity contribution in [3.63, 3.8) is 0 Å². The number of rotatable bonds is 4. The molecule has 1 aliphatic rings. The number of ether oxygens (including phenoxy) is 1. The monoisotopic (exact) mass is 163 g/mol. The molecule has 0 saturated carbocycles. The molecule has 0 amide bonds. The topological polar surface area (TPSA) is 32.7 Å². The summed E-state index contributed by atoms with van der Waals surface area (Å²) in [7, 11) is 1.62. The van der Waals surface area contributed by atoms with Gasteiger partial charge in [0.05, 0.1) is 13.2 Å². The van der Waals surface area contributed by atoms with Crippen molar-refractivity contribution in [1.29, 1.82) is 0 Å². The first-order valence-electron chi connectivity index (χ1n) is 3.71. The van der Waals surface area contributed by atoms with Crippen LogP contribution in [-0.2, 0) is 4.74 Å². The molecule has 11 heavy (non-hydrogen) atoms. The Morgan fingerprint density at radius 2 is 2.27 bits per heavy atom. The van der Waals surface area contributed by atoms with E-state index in [1.165, 1.54) is 0 Å².